The van der Waals surface area contributed by atoms with Crippen molar-refractivity contribution >= 4 is 22.7 Å². The molecule has 0 saturated heterocycles. The van der Waals surface area contributed by atoms with Gasteiger partial charge in [-0.3, -0.25) is 0 Å². The highest BCUT2D eigenvalue weighted by atomic mass is 35.5. The van der Waals surface area contributed by atoms with Crippen molar-refractivity contribution < 1.29 is 4.42 Å². The summed E-state index contributed by atoms with van der Waals surface area (Å²) < 4.78 is 5.50. The molecule has 1 heterocycles. The number of fused-ring (bicyclic) bond motifs is 1. The van der Waals surface area contributed by atoms with E-state index < -0.39 is 0 Å². The van der Waals surface area contributed by atoms with Crippen LogP contribution in [0.15, 0.2) is 22.6 Å². The molecule has 2 rings (SSSR count). The zero-order chi connectivity index (χ0) is 9.26. The van der Waals surface area contributed by atoms with Crippen molar-refractivity contribution in [2.45, 2.75) is 19.2 Å². The summed E-state index contributed by atoms with van der Waals surface area (Å²) in [6, 6.07) is 5.97. The van der Waals surface area contributed by atoms with Gasteiger partial charge in [0, 0.05) is 0 Å². The minimum absolute atomic E-state index is 0.331. The molecule has 0 N–H and O–H groups in total. The standard InChI is InChI=1S/C10H10ClNO/c1-2-7-4-3-5-8-10(7)13-9(6-11)12-8/h3-5H,2,6H2,1H3. The third-order valence-corrected chi connectivity index (χ3v) is 2.26. The fraction of sp³-hybridized carbons (Fsp3) is 0.300. The second-order valence-corrected chi connectivity index (χ2v) is 3.13. The number of aryl methyl sites for hydroxylation is 1. The molecule has 0 aliphatic heterocycles. The maximum absolute atomic E-state index is 5.64. The Balaban J connectivity index is 2.67. The number of hydrogen-bond donors (Lipinski definition) is 0. The lowest BCUT2D eigenvalue weighted by atomic mass is 10.1. The number of para-hydroxylation sites is 1. The molecule has 0 saturated carbocycles. The summed E-state index contributed by atoms with van der Waals surface area (Å²) in [5.41, 5.74) is 2.96. The normalized spacial score (nSPS) is 10.9. The maximum Gasteiger partial charge on any atom is 0.210 e. The summed E-state index contributed by atoms with van der Waals surface area (Å²) in [5, 5.41) is 0. The van der Waals surface area contributed by atoms with Crippen molar-refractivity contribution in [1.29, 1.82) is 0 Å². The number of nitrogens with zero attached hydrogens (tertiary/aromatic N) is 1. The Hall–Kier alpha value is -1.02. The van der Waals surface area contributed by atoms with Gasteiger partial charge in [-0.25, -0.2) is 4.98 Å². The van der Waals surface area contributed by atoms with E-state index in [-0.39, 0.29) is 0 Å². The van der Waals surface area contributed by atoms with E-state index in [0.29, 0.717) is 11.8 Å². The van der Waals surface area contributed by atoms with Gasteiger partial charge in [-0.15, -0.1) is 11.6 Å². The van der Waals surface area contributed by atoms with Crippen LogP contribution in [0.3, 0.4) is 0 Å². The van der Waals surface area contributed by atoms with Crippen LogP contribution in [-0.2, 0) is 12.3 Å². The van der Waals surface area contributed by atoms with Crippen molar-refractivity contribution in [3.05, 3.63) is 29.7 Å². The average molecular weight is 196 g/mol. The van der Waals surface area contributed by atoms with Gasteiger partial charge in [0.2, 0.25) is 5.89 Å². The summed E-state index contributed by atoms with van der Waals surface area (Å²) in [4.78, 5) is 4.24. The quantitative estimate of drug-likeness (QED) is 0.689. The number of aromatic nitrogens is 1. The molecule has 0 spiro atoms. The van der Waals surface area contributed by atoms with Gasteiger partial charge in [0.05, 0.1) is 5.88 Å². The molecule has 0 radical (unpaired) electrons. The number of oxazole rings is 1. The van der Waals surface area contributed by atoms with Crippen LogP contribution in [-0.4, -0.2) is 4.98 Å². The van der Waals surface area contributed by atoms with Crippen LogP contribution < -0.4 is 0 Å². The lowest BCUT2D eigenvalue weighted by molar-refractivity contribution is 0.552. The molecular formula is C10H10ClNO. The Labute approximate surface area is 81.5 Å². The first-order chi connectivity index (χ1) is 6.35. The molecule has 3 heteroatoms. The number of rotatable bonds is 2. The summed E-state index contributed by atoms with van der Waals surface area (Å²) in [6.07, 6.45) is 0.953. The minimum Gasteiger partial charge on any atom is -0.439 e. The molecule has 68 valence electrons. The highest BCUT2D eigenvalue weighted by Crippen LogP contribution is 2.20. The molecule has 0 amide bonds. The highest BCUT2D eigenvalue weighted by molar-refractivity contribution is 6.16. The molecule has 2 nitrogen and oxygen atoms in total. The van der Waals surface area contributed by atoms with Crippen molar-refractivity contribution in [2.75, 3.05) is 0 Å². The molecule has 1 aromatic carbocycles. The van der Waals surface area contributed by atoms with Crippen LogP contribution in [0, 0.1) is 0 Å². The first-order valence-electron chi connectivity index (χ1n) is 4.28. The fourth-order valence-corrected chi connectivity index (χ4v) is 1.50. The molecule has 0 aliphatic rings. The SMILES string of the molecule is CCc1cccc2nc(CCl)oc12. The fourth-order valence-electron chi connectivity index (χ4n) is 1.39. The summed E-state index contributed by atoms with van der Waals surface area (Å²) in [7, 11) is 0. The zero-order valence-corrected chi connectivity index (χ0v) is 8.14. The number of benzene rings is 1. The van der Waals surface area contributed by atoms with E-state index in [1.165, 1.54) is 5.56 Å². The third kappa shape index (κ3) is 1.42. The monoisotopic (exact) mass is 195 g/mol. The molecular weight excluding hydrogens is 186 g/mol. The second kappa shape index (κ2) is 3.38. The Kier molecular flexibility index (Phi) is 2.23. The van der Waals surface area contributed by atoms with Gasteiger partial charge in [-0.05, 0) is 18.1 Å². The van der Waals surface area contributed by atoms with Gasteiger partial charge < -0.3 is 4.42 Å². The number of halogens is 1. The summed E-state index contributed by atoms with van der Waals surface area (Å²) in [6.45, 7) is 2.09. The second-order valence-electron chi connectivity index (χ2n) is 2.86. The molecule has 2 aromatic rings. The Morgan fingerprint density at radius 2 is 2.31 bits per heavy atom. The molecule has 0 atom stereocenters. The van der Waals surface area contributed by atoms with Gasteiger partial charge >= 0.3 is 0 Å². The van der Waals surface area contributed by atoms with Gasteiger partial charge in [-0.2, -0.15) is 0 Å². The smallest absolute Gasteiger partial charge is 0.210 e. The van der Waals surface area contributed by atoms with Crippen molar-refractivity contribution in [3.8, 4) is 0 Å². The lowest BCUT2D eigenvalue weighted by Crippen LogP contribution is -1.79. The minimum atomic E-state index is 0.331. The van der Waals surface area contributed by atoms with Crippen LogP contribution in [0.1, 0.15) is 18.4 Å². The van der Waals surface area contributed by atoms with E-state index in [1.54, 1.807) is 0 Å². The number of alkyl halides is 1. The van der Waals surface area contributed by atoms with Gasteiger partial charge in [0.15, 0.2) is 5.58 Å². The molecule has 0 unspecified atom stereocenters. The van der Waals surface area contributed by atoms with E-state index in [1.807, 2.05) is 18.2 Å². The van der Waals surface area contributed by atoms with Crippen molar-refractivity contribution in [1.82, 2.24) is 4.98 Å². The largest absolute Gasteiger partial charge is 0.439 e. The van der Waals surface area contributed by atoms with Crippen LogP contribution in [0.5, 0.6) is 0 Å². The van der Waals surface area contributed by atoms with Gasteiger partial charge in [0.1, 0.15) is 5.52 Å². The van der Waals surface area contributed by atoms with E-state index in [9.17, 15) is 0 Å². The van der Waals surface area contributed by atoms with E-state index in [4.69, 9.17) is 16.0 Å². The molecule has 0 aliphatic carbocycles. The Morgan fingerprint density at radius 3 is 3.00 bits per heavy atom. The Bertz CT molecular complexity index is 422. The lowest BCUT2D eigenvalue weighted by Gasteiger charge is -1.94. The third-order valence-electron chi connectivity index (χ3n) is 2.04. The van der Waals surface area contributed by atoms with Crippen LogP contribution >= 0.6 is 11.6 Å². The molecule has 0 fully saturated rings. The van der Waals surface area contributed by atoms with Gasteiger partial charge in [0.25, 0.3) is 0 Å². The predicted molar refractivity (Wildman–Crippen MR) is 52.9 cm³/mol. The summed E-state index contributed by atoms with van der Waals surface area (Å²) >= 11 is 5.64. The predicted octanol–water partition coefficient (Wildman–Crippen LogP) is 3.13. The maximum atomic E-state index is 5.64. The average Bonchev–Trinajstić information content (AvgIpc) is 2.59. The van der Waals surface area contributed by atoms with E-state index in [2.05, 4.69) is 11.9 Å². The number of hydrogen-bond acceptors (Lipinski definition) is 2. The molecule has 1 aromatic heterocycles. The molecule has 0 bridgehead atoms. The van der Waals surface area contributed by atoms with E-state index >= 15 is 0 Å². The first kappa shape index (κ1) is 8.57. The van der Waals surface area contributed by atoms with Crippen LogP contribution in [0.4, 0.5) is 0 Å². The van der Waals surface area contributed by atoms with Gasteiger partial charge in [-0.1, -0.05) is 19.1 Å². The van der Waals surface area contributed by atoms with Crippen molar-refractivity contribution in [2.24, 2.45) is 0 Å². The van der Waals surface area contributed by atoms with E-state index in [0.717, 1.165) is 17.5 Å². The topological polar surface area (TPSA) is 26.0 Å². The Morgan fingerprint density at radius 1 is 1.46 bits per heavy atom. The van der Waals surface area contributed by atoms with Crippen molar-refractivity contribution in [3.63, 3.8) is 0 Å². The highest BCUT2D eigenvalue weighted by Gasteiger charge is 2.06. The first-order valence-corrected chi connectivity index (χ1v) is 4.82. The summed E-state index contributed by atoms with van der Waals surface area (Å²) in [5.74, 6) is 0.926. The molecule has 13 heavy (non-hydrogen) atoms. The van der Waals surface area contributed by atoms with Crippen LogP contribution in [0.2, 0.25) is 0 Å². The zero-order valence-electron chi connectivity index (χ0n) is 7.38. The van der Waals surface area contributed by atoms with Crippen LogP contribution in [0.25, 0.3) is 11.1 Å².